The predicted octanol–water partition coefficient (Wildman–Crippen LogP) is 4.96. The maximum Gasteiger partial charge on any atom is 0.266 e. The van der Waals surface area contributed by atoms with Crippen LogP contribution in [0, 0.1) is 5.82 Å². The van der Waals surface area contributed by atoms with Crippen molar-refractivity contribution >= 4 is 48.1 Å². The lowest BCUT2D eigenvalue weighted by molar-refractivity contribution is 0.511. The molecule has 29 heavy (non-hydrogen) atoms. The highest BCUT2D eigenvalue weighted by Gasteiger charge is 2.22. The van der Waals surface area contributed by atoms with Gasteiger partial charge in [0.1, 0.15) is 10.7 Å². The number of rotatable bonds is 11. The topological polar surface area (TPSA) is 83.1 Å². The normalized spacial score (nSPS) is 16.8. The van der Waals surface area contributed by atoms with Crippen molar-refractivity contribution in [1.82, 2.24) is 10.3 Å². The van der Waals surface area contributed by atoms with E-state index in [-0.39, 0.29) is 5.13 Å². The summed E-state index contributed by atoms with van der Waals surface area (Å²) in [6.07, 6.45) is 9.83. The zero-order chi connectivity index (χ0) is 20.7. The highest BCUT2D eigenvalue weighted by Crippen LogP contribution is 2.30. The van der Waals surface area contributed by atoms with Gasteiger partial charge in [-0.25, -0.2) is 17.8 Å². The molecule has 1 aromatic heterocycles. The Morgan fingerprint density at radius 3 is 2.83 bits per heavy atom. The lowest BCUT2D eigenvalue weighted by atomic mass is 10.1. The molecular formula is C19H26BrFN4O2S2. The third-order valence-corrected chi connectivity index (χ3v) is 7.75. The first-order valence-corrected chi connectivity index (χ1v) is 13.0. The van der Waals surface area contributed by atoms with Crippen LogP contribution in [0.15, 0.2) is 33.1 Å². The van der Waals surface area contributed by atoms with Crippen molar-refractivity contribution in [1.29, 1.82) is 0 Å². The first-order valence-electron chi connectivity index (χ1n) is 9.84. The zero-order valence-electron chi connectivity index (χ0n) is 16.1. The van der Waals surface area contributed by atoms with E-state index in [1.54, 1.807) is 5.38 Å². The molecule has 1 atom stereocenters. The van der Waals surface area contributed by atoms with Crippen molar-refractivity contribution in [2.75, 3.05) is 23.1 Å². The van der Waals surface area contributed by atoms with Gasteiger partial charge in [-0.15, -0.1) is 11.3 Å². The summed E-state index contributed by atoms with van der Waals surface area (Å²) < 4.78 is 42.1. The van der Waals surface area contributed by atoms with E-state index in [0.29, 0.717) is 22.7 Å². The highest BCUT2D eigenvalue weighted by atomic mass is 79.9. The highest BCUT2D eigenvalue weighted by molar-refractivity contribution is 9.10. The number of halogens is 2. The van der Waals surface area contributed by atoms with E-state index < -0.39 is 20.7 Å². The molecule has 1 fully saturated rings. The first-order chi connectivity index (χ1) is 14.0. The summed E-state index contributed by atoms with van der Waals surface area (Å²) in [5, 5.41) is 8.54. The van der Waals surface area contributed by atoms with Gasteiger partial charge in [0.05, 0.1) is 5.69 Å². The van der Waals surface area contributed by atoms with E-state index in [2.05, 4.69) is 36.3 Å². The molecule has 0 spiro atoms. The van der Waals surface area contributed by atoms with E-state index >= 15 is 0 Å². The largest absolute Gasteiger partial charge is 0.384 e. The van der Waals surface area contributed by atoms with Crippen LogP contribution in [0.25, 0.3) is 0 Å². The third kappa shape index (κ3) is 6.63. The fourth-order valence-corrected chi connectivity index (χ4v) is 5.92. The molecule has 1 aliphatic rings. The molecule has 1 aromatic carbocycles. The summed E-state index contributed by atoms with van der Waals surface area (Å²) in [6, 6.07) is 3.20. The number of nitrogens with one attached hydrogen (secondary N) is 3. The molecule has 2 aromatic rings. The van der Waals surface area contributed by atoms with E-state index in [4.69, 9.17) is 0 Å². The number of sulfonamides is 1. The van der Waals surface area contributed by atoms with E-state index in [9.17, 15) is 12.8 Å². The Labute approximate surface area is 183 Å². The lowest BCUT2D eigenvalue weighted by Crippen LogP contribution is -2.20. The van der Waals surface area contributed by atoms with Crippen LogP contribution in [0.5, 0.6) is 0 Å². The van der Waals surface area contributed by atoms with Crippen molar-refractivity contribution in [3.05, 3.63) is 34.0 Å². The third-order valence-electron chi connectivity index (χ3n) is 4.92. The van der Waals surface area contributed by atoms with Crippen LogP contribution in [-0.2, 0) is 10.0 Å². The fraction of sp³-hybridized carbons (Fsp3) is 0.526. The second-order valence-corrected chi connectivity index (χ2v) is 10.5. The van der Waals surface area contributed by atoms with Crippen LogP contribution >= 0.6 is 27.3 Å². The van der Waals surface area contributed by atoms with Crippen molar-refractivity contribution in [3.8, 4) is 0 Å². The van der Waals surface area contributed by atoms with Crippen molar-refractivity contribution in [2.24, 2.45) is 0 Å². The molecule has 0 saturated carbocycles. The molecule has 0 radical (unpaired) electrons. The molecule has 0 bridgehead atoms. The van der Waals surface area contributed by atoms with E-state index in [1.807, 2.05) is 0 Å². The number of unbranched alkanes of at least 4 members (excludes halogenated alkanes) is 3. The number of thiazole rings is 1. The standard InChI is InChI=1S/C19H26BrFN4O2S2/c20-15-12-18(29(26,27)25-19-24-10-11-28-19)16(21)13-17(15)23-8-4-2-1-3-6-14-7-5-9-22-14/h10-14,22-23H,1-9H2,(H,24,25)/t14-/m1/s1. The van der Waals surface area contributed by atoms with Gasteiger partial charge in [-0.05, 0) is 60.3 Å². The monoisotopic (exact) mass is 504 g/mol. The second kappa shape index (κ2) is 10.7. The molecule has 0 aliphatic carbocycles. The molecule has 0 amide bonds. The van der Waals surface area contributed by atoms with Gasteiger partial charge in [-0.1, -0.05) is 19.3 Å². The average Bonchev–Trinajstić information content (AvgIpc) is 3.37. The minimum atomic E-state index is -4.04. The summed E-state index contributed by atoms with van der Waals surface area (Å²) in [5.74, 6) is -0.802. The lowest BCUT2D eigenvalue weighted by Gasteiger charge is -2.12. The molecule has 160 valence electrons. The molecule has 2 heterocycles. The molecule has 0 unspecified atom stereocenters. The maximum absolute atomic E-state index is 14.5. The Bertz CT molecular complexity index is 888. The van der Waals surface area contributed by atoms with Gasteiger partial charge in [0, 0.05) is 28.6 Å². The molecule has 6 nitrogen and oxygen atoms in total. The van der Waals surface area contributed by atoms with Gasteiger partial charge in [-0.3, -0.25) is 4.72 Å². The van der Waals surface area contributed by atoms with Crippen molar-refractivity contribution in [2.45, 2.75) is 55.9 Å². The van der Waals surface area contributed by atoms with Gasteiger partial charge in [0.15, 0.2) is 5.13 Å². The molecule has 1 saturated heterocycles. The number of hydrogen-bond donors (Lipinski definition) is 3. The van der Waals surface area contributed by atoms with Gasteiger partial charge in [-0.2, -0.15) is 0 Å². The summed E-state index contributed by atoms with van der Waals surface area (Å²) >= 11 is 4.47. The Morgan fingerprint density at radius 1 is 1.28 bits per heavy atom. The number of anilines is 2. The van der Waals surface area contributed by atoms with Crippen LogP contribution in [0.4, 0.5) is 15.2 Å². The second-order valence-electron chi connectivity index (χ2n) is 7.13. The van der Waals surface area contributed by atoms with Gasteiger partial charge < -0.3 is 10.6 Å². The minimum Gasteiger partial charge on any atom is -0.384 e. The molecule has 3 N–H and O–H groups in total. The van der Waals surface area contributed by atoms with Crippen LogP contribution in [0.3, 0.4) is 0 Å². The van der Waals surface area contributed by atoms with Crippen molar-refractivity contribution < 1.29 is 12.8 Å². The molecule has 10 heteroatoms. The number of benzene rings is 1. The van der Waals surface area contributed by atoms with E-state index in [0.717, 1.165) is 30.7 Å². The van der Waals surface area contributed by atoms with Crippen LogP contribution in [-0.4, -0.2) is 32.5 Å². The first kappa shape index (κ1) is 22.5. The summed E-state index contributed by atoms with van der Waals surface area (Å²) in [5.41, 5.74) is 0.547. The summed E-state index contributed by atoms with van der Waals surface area (Å²) in [4.78, 5) is 3.46. The maximum atomic E-state index is 14.5. The van der Waals surface area contributed by atoms with E-state index in [1.165, 1.54) is 50.4 Å². The molecular weight excluding hydrogens is 479 g/mol. The number of nitrogens with zero attached hydrogens (tertiary/aromatic N) is 1. The smallest absolute Gasteiger partial charge is 0.266 e. The fourth-order valence-electron chi connectivity index (χ4n) is 3.41. The Hall–Kier alpha value is -1.23. The van der Waals surface area contributed by atoms with Gasteiger partial charge in [0.2, 0.25) is 0 Å². The van der Waals surface area contributed by atoms with Crippen LogP contribution in [0.1, 0.15) is 44.9 Å². The van der Waals surface area contributed by atoms with Gasteiger partial charge in [0.25, 0.3) is 10.0 Å². The SMILES string of the molecule is O=S(=O)(Nc1nccs1)c1cc(Br)c(NCCCCCC[C@@H]2CCCN2)cc1F. The Kier molecular flexibility index (Phi) is 8.28. The Balaban J connectivity index is 1.46. The molecule has 3 rings (SSSR count). The zero-order valence-corrected chi connectivity index (χ0v) is 19.3. The summed E-state index contributed by atoms with van der Waals surface area (Å²) in [7, 11) is -4.04. The molecule has 1 aliphatic heterocycles. The van der Waals surface area contributed by atoms with Gasteiger partial charge >= 0.3 is 0 Å². The quantitative estimate of drug-likeness (QED) is 0.376. The summed E-state index contributed by atoms with van der Waals surface area (Å²) in [6.45, 7) is 1.87. The average molecular weight is 505 g/mol. The number of aromatic nitrogens is 1. The number of hydrogen-bond acceptors (Lipinski definition) is 6. The van der Waals surface area contributed by atoms with Crippen molar-refractivity contribution in [3.63, 3.8) is 0 Å². The van der Waals surface area contributed by atoms with Crippen LogP contribution < -0.4 is 15.4 Å². The predicted molar refractivity (Wildman–Crippen MR) is 120 cm³/mol. The minimum absolute atomic E-state index is 0.200. The Morgan fingerprint density at radius 2 is 2.10 bits per heavy atom. The van der Waals surface area contributed by atoms with Crippen LogP contribution in [0.2, 0.25) is 0 Å².